The summed E-state index contributed by atoms with van der Waals surface area (Å²) in [6.45, 7) is 0. The van der Waals surface area contributed by atoms with E-state index in [4.69, 9.17) is 33.9 Å². The maximum atomic E-state index is 5.54. The molecule has 0 saturated heterocycles. The smallest absolute Gasteiger partial charge is 0.118 e. The van der Waals surface area contributed by atoms with E-state index in [0.29, 0.717) is 12.1 Å². The molecule has 1 aliphatic rings. The first-order valence-corrected chi connectivity index (χ1v) is 11.6. The number of ether oxygens (including phenoxy) is 2. The van der Waals surface area contributed by atoms with E-state index < -0.39 is 0 Å². The predicted molar refractivity (Wildman–Crippen MR) is 140 cm³/mol. The van der Waals surface area contributed by atoms with Crippen molar-refractivity contribution in [3.05, 3.63) is 84.2 Å². The molecule has 32 heavy (non-hydrogen) atoms. The normalized spacial score (nSPS) is 18.4. The molecule has 2 N–H and O–H groups in total. The Bertz CT molecular complexity index is 873. The summed E-state index contributed by atoms with van der Waals surface area (Å²) in [5.74, 6) is 1.66. The van der Waals surface area contributed by atoms with Crippen molar-refractivity contribution >= 4 is 34.2 Å². The average molecular weight is 467 g/mol. The topological polar surface area (TPSA) is 42.5 Å². The van der Waals surface area contributed by atoms with Crippen molar-refractivity contribution in [3.63, 3.8) is 0 Å². The monoisotopic (exact) mass is 466 g/mol. The SMILES string of the molecule is COc1ccc(C(=S)/C=C/N[C@@H]2CCCC[C@H]2N/C=C/C(=S)c2ccc(OC)cc2)cc1. The molecule has 0 spiro atoms. The van der Waals surface area contributed by atoms with Crippen LogP contribution in [-0.2, 0) is 0 Å². The number of thiocarbonyl (C=S) groups is 2. The van der Waals surface area contributed by atoms with Crippen LogP contribution in [0.25, 0.3) is 0 Å². The molecule has 0 radical (unpaired) electrons. The number of nitrogens with one attached hydrogen (secondary N) is 2. The van der Waals surface area contributed by atoms with Gasteiger partial charge in [-0.3, -0.25) is 0 Å². The average Bonchev–Trinajstić information content (AvgIpc) is 2.85. The van der Waals surface area contributed by atoms with Crippen LogP contribution in [0.2, 0.25) is 0 Å². The zero-order chi connectivity index (χ0) is 22.8. The quantitative estimate of drug-likeness (QED) is 0.279. The van der Waals surface area contributed by atoms with Gasteiger partial charge in [0, 0.05) is 21.8 Å². The van der Waals surface area contributed by atoms with E-state index in [1.54, 1.807) is 14.2 Å². The summed E-state index contributed by atoms with van der Waals surface area (Å²) in [4.78, 5) is 1.59. The second-order valence-corrected chi connectivity index (χ2v) is 8.56. The second-order valence-electron chi connectivity index (χ2n) is 7.68. The molecule has 0 aromatic heterocycles. The highest BCUT2D eigenvalue weighted by molar-refractivity contribution is 7.81. The van der Waals surface area contributed by atoms with Crippen molar-refractivity contribution in [2.24, 2.45) is 0 Å². The maximum absolute atomic E-state index is 5.54. The second kappa shape index (κ2) is 12.4. The van der Waals surface area contributed by atoms with E-state index in [0.717, 1.165) is 45.2 Å². The molecular formula is C26H30N2O2S2. The van der Waals surface area contributed by atoms with Crippen LogP contribution in [0.5, 0.6) is 11.5 Å². The minimum atomic E-state index is 0.345. The Labute approximate surface area is 201 Å². The van der Waals surface area contributed by atoms with Gasteiger partial charge in [0.25, 0.3) is 0 Å². The molecule has 0 bridgehead atoms. The number of allylic oxidation sites excluding steroid dienone is 2. The molecule has 6 heteroatoms. The summed E-state index contributed by atoms with van der Waals surface area (Å²) >= 11 is 11.1. The first-order valence-electron chi connectivity index (χ1n) is 10.8. The van der Waals surface area contributed by atoms with Crippen LogP contribution in [0.1, 0.15) is 36.8 Å². The van der Waals surface area contributed by atoms with Crippen LogP contribution < -0.4 is 20.1 Å². The van der Waals surface area contributed by atoms with Crippen LogP contribution in [0.4, 0.5) is 0 Å². The Morgan fingerprint density at radius 1 is 0.719 bits per heavy atom. The molecule has 1 saturated carbocycles. The van der Waals surface area contributed by atoms with E-state index in [-0.39, 0.29) is 0 Å². The highest BCUT2D eigenvalue weighted by Crippen LogP contribution is 2.19. The minimum absolute atomic E-state index is 0.345. The van der Waals surface area contributed by atoms with Crippen molar-refractivity contribution in [2.45, 2.75) is 37.8 Å². The van der Waals surface area contributed by atoms with Crippen molar-refractivity contribution in [1.29, 1.82) is 0 Å². The molecule has 0 unspecified atom stereocenters. The van der Waals surface area contributed by atoms with Crippen molar-refractivity contribution in [1.82, 2.24) is 10.6 Å². The Hall–Kier alpha value is -2.70. The third-order valence-electron chi connectivity index (χ3n) is 5.61. The lowest BCUT2D eigenvalue weighted by Crippen LogP contribution is -2.46. The van der Waals surface area contributed by atoms with E-state index in [9.17, 15) is 0 Å². The highest BCUT2D eigenvalue weighted by atomic mass is 32.1. The van der Waals surface area contributed by atoms with E-state index in [1.807, 2.05) is 73.1 Å². The van der Waals surface area contributed by atoms with Gasteiger partial charge in [0.2, 0.25) is 0 Å². The molecule has 4 nitrogen and oxygen atoms in total. The van der Waals surface area contributed by atoms with Gasteiger partial charge in [-0.25, -0.2) is 0 Å². The summed E-state index contributed by atoms with van der Waals surface area (Å²) in [6.07, 6.45) is 12.5. The van der Waals surface area contributed by atoms with Crippen LogP contribution >= 0.6 is 24.4 Å². The molecule has 0 aliphatic heterocycles. The van der Waals surface area contributed by atoms with Gasteiger partial charge in [0.1, 0.15) is 11.5 Å². The van der Waals surface area contributed by atoms with Gasteiger partial charge >= 0.3 is 0 Å². The minimum Gasteiger partial charge on any atom is -0.497 e. The Morgan fingerprint density at radius 2 is 1.09 bits per heavy atom. The van der Waals surface area contributed by atoms with E-state index >= 15 is 0 Å². The Morgan fingerprint density at radius 3 is 1.44 bits per heavy atom. The summed E-state index contributed by atoms with van der Waals surface area (Å²) < 4.78 is 10.4. The van der Waals surface area contributed by atoms with Crippen LogP contribution in [0, 0.1) is 0 Å². The van der Waals surface area contributed by atoms with E-state index in [1.165, 1.54) is 12.8 Å². The van der Waals surface area contributed by atoms with E-state index in [2.05, 4.69) is 10.6 Å². The molecule has 2 aromatic rings. The van der Waals surface area contributed by atoms with Gasteiger partial charge < -0.3 is 20.1 Å². The van der Waals surface area contributed by atoms with Gasteiger partial charge in [-0.2, -0.15) is 0 Å². The van der Waals surface area contributed by atoms with Crippen molar-refractivity contribution in [3.8, 4) is 11.5 Å². The highest BCUT2D eigenvalue weighted by Gasteiger charge is 2.22. The van der Waals surface area contributed by atoms with Crippen LogP contribution in [0.3, 0.4) is 0 Å². The zero-order valence-corrected chi connectivity index (χ0v) is 20.2. The molecule has 2 aromatic carbocycles. The van der Waals surface area contributed by atoms with Gasteiger partial charge in [0.05, 0.1) is 14.2 Å². The molecule has 1 fully saturated rings. The molecular weight excluding hydrogens is 436 g/mol. The first kappa shape index (κ1) is 24.0. The van der Waals surface area contributed by atoms with Crippen molar-refractivity contribution in [2.75, 3.05) is 14.2 Å². The fraction of sp³-hybridized carbons (Fsp3) is 0.308. The molecule has 0 amide bonds. The largest absolute Gasteiger partial charge is 0.497 e. The van der Waals surface area contributed by atoms with Crippen molar-refractivity contribution < 1.29 is 9.47 Å². The molecule has 2 atom stereocenters. The van der Waals surface area contributed by atoms with Gasteiger partial charge in [-0.1, -0.05) is 37.3 Å². The third-order valence-corrected chi connectivity index (χ3v) is 6.35. The van der Waals surface area contributed by atoms with Crippen LogP contribution in [-0.4, -0.2) is 36.0 Å². The third kappa shape index (κ3) is 6.90. The summed E-state index contributed by atoms with van der Waals surface area (Å²) in [7, 11) is 3.32. The number of benzene rings is 2. The van der Waals surface area contributed by atoms with Gasteiger partial charge in [0.15, 0.2) is 0 Å². The standard InChI is InChI=1S/C26H30N2O2S2/c1-29-21-11-7-19(8-12-21)25(31)15-17-27-23-5-3-4-6-24(23)28-18-16-26(32)20-9-13-22(30-2)14-10-20/h7-18,23-24,27-28H,3-6H2,1-2H3/b17-15+,18-16+/t23-,24-/m1/s1. The lowest BCUT2D eigenvalue weighted by molar-refractivity contribution is 0.324. The number of hydrogen-bond donors (Lipinski definition) is 2. The fourth-order valence-corrected chi connectivity index (χ4v) is 4.14. The number of methoxy groups -OCH3 is 2. The molecule has 0 heterocycles. The Kier molecular flexibility index (Phi) is 9.26. The fourth-order valence-electron chi connectivity index (χ4n) is 3.73. The molecule has 3 rings (SSSR count). The zero-order valence-electron chi connectivity index (χ0n) is 18.5. The summed E-state index contributed by atoms with van der Waals surface area (Å²) in [5, 5.41) is 7.08. The van der Waals surface area contributed by atoms with Gasteiger partial charge in [-0.05, 0) is 97.1 Å². The molecule has 168 valence electrons. The summed E-state index contributed by atoms with van der Waals surface area (Å²) in [6, 6.07) is 16.3. The predicted octanol–water partition coefficient (Wildman–Crippen LogP) is 5.36. The lowest BCUT2D eigenvalue weighted by Gasteiger charge is -2.32. The van der Waals surface area contributed by atoms with Crippen LogP contribution in [0.15, 0.2) is 73.1 Å². The first-order chi connectivity index (χ1) is 15.6. The Balaban J connectivity index is 1.52. The molecule has 1 aliphatic carbocycles. The summed E-state index contributed by atoms with van der Waals surface area (Å²) in [5.41, 5.74) is 2.01. The number of hydrogen-bond acceptors (Lipinski definition) is 6. The lowest BCUT2D eigenvalue weighted by atomic mass is 9.90. The number of rotatable bonds is 10. The maximum Gasteiger partial charge on any atom is 0.118 e. The van der Waals surface area contributed by atoms with Gasteiger partial charge in [-0.15, -0.1) is 0 Å².